The van der Waals surface area contributed by atoms with E-state index in [-0.39, 0.29) is 0 Å². The molecule has 0 aliphatic carbocycles. The van der Waals surface area contributed by atoms with E-state index < -0.39 is 0 Å². The topological polar surface area (TPSA) is 28.2 Å². The van der Waals surface area contributed by atoms with Crippen LogP contribution in [0.25, 0.3) is 0 Å². The molecule has 0 amide bonds. The third kappa shape index (κ3) is 3.26. The molecular formula is C16H21N3S. The molecule has 1 saturated heterocycles. The summed E-state index contributed by atoms with van der Waals surface area (Å²) in [6, 6.07) is 11.2. The Kier molecular flexibility index (Phi) is 4.45. The molecule has 20 heavy (non-hydrogen) atoms. The second-order valence-corrected chi connectivity index (χ2v) is 6.43. The fourth-order valence-corrected chi connectivity index (χ4v) is 3.54. The first-order valence-corrected chi connectivity index (χ1v) is 8.11. The molecule has 1 atom stereocenters. The number of benzene rings is 1. The molecule has 2 heterocycles. The van der Waals surface area contributed by atoms with Crippen molar-refractivity contribution in [3.05, 3.63) is 52.0 Å². The summed E-state index contributed by atoms with van der Waals surface area (Å²) in [7, 11) is 0. The maximum Gasteiger partial charge on any atom is 0.107 e. The molecule has 0 bridgehead atoms. The van der Waals surface area contributed by atoms with Crippen LogP contribution in [-0.4, -0.2) is 29.5 Å². The van der Waals surface area contributed by atoms with Crippen molar-refractivity contribution >= 4 is 11.3 Å². The Labute approximate surface area is 124 Å². The van der Waals surface area contributed by atoms with Gasteiger partial charge in [0, 0.05) is 36.8 Å². The van der Waals surface area contributed by atoms with Gasteiger partial charge in [-0.1, -0.05) is 37.3 Å². The highest BCUT2D eigenvalue weighted by Gasteiger charge is 2.21. The molecule has 0 radical (unpaired) electrons. The summed E-state index contributed by atoms with van der Waals surface area (Å²) in [5.41, 5.74) is 1.38. The summed E-state index contributed by atoms with van der Waals surface area (Å²) >= 11 is 1.85. The lowest BCUT2D eigenvalue weighted by atomic mass is 10.0. The van der Waals surface area contributed by atoms with Crippen LogP contribution in [0, 0.1) is 0 Å². The number of nitrogens with one attached hydrogen (secondary N) is 1. The second kappa shape index (κ2) is 6.48. The minimum Gasteiger partial charge on any atom is -0.308 e. The largest absolute Gasteiger partial charge is 0.308 e. The van der Waals surface area contributed by atoms with Crippen LogP contribution < -0.4 is 5.32 Å². The molecule has 2 aromatic rings. The highest BCUT2D eigenvalue weighted by atomic mass is 32.1. The Bertz CT molecular complexity index is 538. The highest BCUT2D eigenvalue weighted by molar-refractivity contribution is 7.11. The third-order valence-electron chi connectivity index (χ3n) is 3.77. The van der Waals surface area contributed by atoms with Crippen LogP contribution in [0.5, 0.6) is 0 Å². The summed E-state index contributed by atoms with van der Waals surface area (Å²) in [5, 5.41) is 4.85. The SMILES string of the molecule is CCc1cnc(CN2CCNC(c3ccccc3)C2)s1. The van der Waals surface area contributed by atoms with Gasteiger partial charge in [0.05, 0.1) is 6.54 Å². The zero-order chi connectivity index (χ0) is 13.8. The molecule has 1 fully saturated rings. The van der Waals surface area contributed by atoms with Crippen LogP contribution >= 0.6 is 11.3 Å². The van der Waals surface area contributed by atoms with Gasteiger partial charge in [0.25, 0.3) is 0 Å². The van der Waals surface area contributed by atoms with Crippen molar-refractivity contribution in [2.45, 2.75) is 25.9 Å². The van der Waals surface area contributed by atoms with E-state index in [0.717, 1.165) is 32.6 Å². The zero-order valence-electron chi connectivity index (χ0n) is 11.9. The first-order valence-electron chi connectivity index (χ1n) is 7.29. The fourth-order valence-electron chi connectivity index (χ4n) is 2.64. The van der Waals surface area contributed by atoms with Gasteiger partial charge in [-0.3, -0.25) is 4.90 Å². The average Bonchev–Trinajstić information content (AvgIpc) is 2.96. The van der Waals surface area contributed by atoms with Gasteiger partial charge in [0.2, 0.25) is 0 Å². The molecule has 1 aliphatic rings. The van der Waals surface area contributed by atoms with Gasteiger partial charge in [0.1, 0.15) is 5.01 Å². The molecule has 4 heteroatoms. The smallest absolute Gasteiger partial charge is 0.107 e. The van der Waals surface area contributed by atoms with E-state index in [1.807, 2.05) is 17.5 Å². The van der Waals surface area contributed by atoms with E-state index in [9.17, 15) is 0 Å². The highest BCUT2D eigenvalue weighted by Crippen LogP contribution is 2.20. The van der Waals surface area contributed by atoms with E-state index in [2.05, 4.69) is 52.5 Å². The number of aromatic nitrogens is 1. The molecule has 106 valence electrons. The monoisotopic (exact) mass is 287 g/mol. The summed E-state index contributed by atoms with van der Waals surface area (Å²) in [5.74, 6) is 0. The normalized spacial score (nSPS) is 20.1. The van der Waals surface area contributed by atoms with Gasteiger partial charge >= 0.3 is 0 Å². The van der Waals surface area contributed by atoms with Gasteiger partial charge in [0.15, 0.2) is 0 Å². The first kappa shape index (κ1) is 13.7. The number of rotatable bonds is 4. The standard InChI is InChI=1S/C16H21N3S/c1-2-14-10-18-16(20-14)12-19-9-8-17-15(11-19)13-6-4-3-5-7-13/h3-7,10,15,17H,2,8-9,11-12H2,1H3. The predicted octanol–water partition coefficient (Wildman–Crippen LogP) is 2.85. The second-order valence-electron chi connectivity index (χ2n) is 5.23. The zero-order valence-corrected chi connectivity index (χ0v) is 12.7. The summed E-state index contributed by atoms with van der Waals surface area (Å²) in [6.45, 7) is 6.38. The third-order valence-corrected chi connectivity index (χ3v) is 4.90. The van der Waals surface area contributed by atoms with Crippen LogP contribution in [0.2, 0.25) is 0 Å². The lowest BCUT2D eigenvalue weighted by molar-refractivity contribution is 0.193. The lowest BCUT2D eigenvalue weighted by Gasteiger charge is -2.33. The van der Waals surface area contributed by atoms with Gasteiger partial charge in [-0.25, -0.2) is 4.98 Å². The molecule has 3 nitrogen and oxygen atoms in total. The molecule has 1 unspecified atom stereocenters. The molecule has 0 spiro atoms. The number of hydrogen-bond acceptors (Lipinski definition) is 4. The van der Waals surface area contributed by atoms with Crippen molar-refractivity contribution in [1.29, 1.82) is 0 Å². The van der Waals surface area contributed by atoms with Crippen LogP contribution in [0.1, 0.15) is 28.4 Å². The van der Waals surface area contributed by atoms with Crippen molar-refractivity contribution < 1.29 is 0 Å². The Hall–Kier alpha value is -1.23. The number of piperazine rings is 1. The van der Waals surface area contributed by atoms with Crippen LogP contribution in [0.4, 0.5) is 0 Å². The quantitative estimate of drug-likeness (QED) is 0.937. The Morgan fingerprint density at radius 1 is 1.35 bits per heavy atom. The summed E-state index contributed by atoms with van der Waals surface area (Å²) in [6.07, 6.45) is 3.11. The maximum atomic E-state index is 4.54. The van der Waals surface area contributed by atoms with Crippen molar-refractivity contribution in [1.82, 2.24) is 15.2 Å². The molecule has 1 aromatic heterocycles. The Morgan fingerprint density at radius 2 is 2.20 bits per heavy atom. The van der Waals surface area contributed by atoms with Gasteiger partial charge in [-0.15, -0.1) is 11.3 Å². The molecule has 1 aromatic carbocycles. The van der Waals surface area contributed by atoms with E-state index in [1.165, 1.54) is 15.4 Å². The molecule has 1 aliphatic heterocycles. The van der Waals surface area contributed by atoms with Crippen molar-refractivity contribution in [3.63, 3.8) is 0 Å². The van der Waals surface area contributed by atoms with Crippen molar-refractivity contribution in [2.24, 2.45) is 0 Å². The average molecular weight is 287 g/mol. The number of aryl methyl sites for hydroxylation is 1. The number of hydrogen-bond donors (Lipinski definition) is 1. The van der Waals surface area contributed by atoms with Gasteiger partial charge in [-0.05, 0) is 12.0 Å². The van der Waals surface area contributed by atoms with Crippen LogP contribution in [0.15, 0.2) is 36.5 Å². The maximum absolute atomic E-state index is 4.54. The van der Waals surface area contributed by atoms with Gasteiger partial charge < -0.3 is 5.32 Å². The van der Waals surface area contributed by atoms with Crippen LogP contribution in [-0.2, 0) is 13.0 Å². The van der Waals surface area contributed by atoms with E-state index in [4.69, 9.17) is 0 Å². The minimum absolute atomic E-state index is 0.440. The van der Waals surface area contributed by atoms with E-state index in [1.54, 1.807) is 0 Å². The number of thiazole rings is 1. The summed E-state index contributed by atoms with van der Waals surface area (Å²) < 4.78 is 0. The molecular weight excluding hydrogens is 266 g/mol. The Balaban J connectivity index is 1.63. The Morgan fingerprint density at radius 3 is 2.95 bits per heavy atom. The van der Waals surface area contributed by atoms with Gasteiger partial charge in [-0.2, -0.15) is 0 Å². The van der Waals surface area contributed by atoms with Crippen molar-refractivity contribution in [2.75, 3.05) is 19.6 Å². The van der Waals surface area contributed by atoms with E-state index in [0.29, 0.717) is 6.04 Å². The predicted molar refractivity (Wildman–Crippen MR) is 84.0 cm³/mol. The fraction of sp³-hybridized carbons (Fsp3) is 0.438. The first-order chi connectivity index (χ1) is 9.85. The molecule has 3 rings (SSSR count). The van der Waals surface area contributed by atoms with E-state index >= 15 is 0 Å². The molecule has 0 saturated carbocycles. The number of nitrogens with zero attached hydrogens (tertiary/aromatic N) is 2. The lowest BCUT2D eigenvalue weighted by Crippen LogP contribution is -2.45. The summed E-state index contributed by atoms with van der Waals surface area (Å²) in [4.78, 5) is 8.43. The molecule has 1 N–H and O–H groups in total. The minimum atomic E-state index is 0.440. The van der Waals surface area contributed by atoms with Crippen LogP contribution in [0.3, 0.4) is 0 Å². The van der Waals surface area contributed by atoms with Crippen molar-refractivity contribution in [3.8, 4) is 0 Å².